The summed E-state index contributed by atoms with van der Waals surface area (Å²) in [5.41, 5.74) is 8.62. The first-order valence-electron chi connectivity index (χ1n) is 9.96. The summed E-state index contributed by atoms with van der Waals surface area (Å²) in [6.45, 7) is 8.49. The summed E-state index contributed by atoms with van der Waals surface area (Å²) in [5.74, 6) is 0.786. The van der Waals surface area contributed by atoms with Crippen molar-refractivity contribution in [2.75, 3.05) is 30.8 Å². The standard InChI is InChI=1S/C21H31N5O2/c1-21(2,3)14-19(28)24(4)15-8-9-17-16(13-15)23-20(22)26(17)12-6-11-25-10-5-7-18(25)27/h8-9,13H,5-7,10-12,14H2,1-4H3,(H2,22,23). The lowest BCUT2D eigenvalue weighted by atomic mass is 9.91. The monoisotopic (exact) mass is 385 g/mol. The minimum atomic E-state index is -0.0574. The van der Waals surface area contributed by atoms with Gasteiger partial charge in [0.05, 0.1) is 11.0 Å². The first-order valence-corrected chi connectivity index (χ1v) is 9.96. The number of aryl methyl sites for hydroxylation is 1. The molecule has 2 aromatic rings. The SMILES string of the molecule is CN(C(=O)CC(C)(C)C)c1ccc2c(c1)nc(N)n2CCCN1CCCC1=O. The number of carbonyl (C=O) groups excluding carboxylic acids is 2. The topological polar surface area (TPSA) is 84.5 Å². The Bertz CT molecular complexity index is 881. The normalized spacial score (nSPS) is 14.9. The van der Waals surface area contributed by atoms with Crippen molar-refractivity contribution >= 4 is 34.5 Å². The highest BCUT2D eigenvalue weighted by Gasteiger charge is 2.21. The van der Waals surface area contributed by atoms with Gasteiger partial charge in [0.25, 0.3) is 0 Å². The van der Waals surface area contributed by atoms with Crippen LogP contribution in [-0.4, -0.2) is 46.4 Å². The van der Waals surface area contributed by atoms with E-state index in [1.54, 1.807) is 11.9 Å². The number of benzene rings is 1. The van der Waals surface area contributed by atoms with Crippen LogP contribution in [-0.2, 0) is 16.1 Å². The van der Waals surface area contributed by atoms with Gasteiger partial charge in [-0.2, -0.15) is 0 Å². The zero-order valence-corrected chi connectivity index (χ0v) is 17.4. The molecule has 2 N–H and O–H groups in total. The number of imidazole rings is 1. The largest absolute Gasteiger partial charge is 0.369 e. The highest BCUT2D eigenvalue weighted by Crippen LogP contribution is 2.26. The Hall–Kier alpha value is -2.57. The molecule has 2 amide bonds. The number of rotatable bonds is 6. The summed E-state index contributed by atoms with van der Waals surface area (Å²) in [5, 5.41) is 0. The van der Waals surface area contributed by atoms with E-state index < -0.39 is 0 Å². The maximum atomic E-state index is 12.5. The Kier molecular flexibility index (Phi) is 5.63. The first-order chi connectivity index (χ1) is 13.2. The molecule has 0 radical (unpaired) electrons. The molecule has 7 nitrogen and oxygen atoms in total. The highest BCUT2D eigenvalue weighted by molar-refractivity contribution is 5.95. The van der Waals surface area contributed by atoms with Crippen LogP contribution in [0.4, 0.5) is 11.6 Å². The molecule has 3 rings (SSSR count). The van der Waals surface area contributed by atoms with Gasteiger partial charge in [0, 0.05) is 45.2 Å². The van der Waals surface area contributed by atoms with Crippen LogP contribution in [0.5, 0.6) is 0 Å². The molecule has 7 heteroatoms. The van der Waals surface area contributed by atoms with Crippen molar-refractivity contribution in [1.29, 1.82) is 0 Å². The van der Waals surface area contributed by atoms with E-state index in [0.717, 1.165) is 42.7 Å². The zero-order chi connectivity index (χ0) is 20.5. The van der Waals surface area contributed by atoms with Crippen molar-refractivity contribution in [3.05, 3.63) is 18.2 Å². The van der Waals surface area contributed by atoms with Gasteiger partial charge >= 0.3 is 0 Å². The van der Waals surface area contributed by atoms with Crippen molar-refractivity contribution in [3.8, 4) is 0 Å². The van der Waals surface area contributed by atoms with Crippen molar-refractivity contribution in [2.45, 2.75) is 53.0 Å². The van der Waals surface area contributed by atoms with Crippen LogP contribution in [0.2, 0.25) is 0 Å². The van der Waals surface area contributed by atoms with Crippen LogP contribution < -0.4 is 10.6 Å². The Morgan fingerprint density at radius 3 is 2.68 bits per heavy atom. The smallest absolute Gasteiger partial charge is 0.227 e. The van der Waals surface area contributed by atoms with E-state index in [1.807, 2.05) is 27.7 Å². The molecule has 152 valence electrons. The summed E-state index contributed by atoms with van der Waals surface area (Å²) in [4.78, 5) is 32.3. The molecule has 1 fully saturated rings. The first kappa shape index (κ1) is 20.2. The summed E-state index contributed by atoms with van der Waals surface area (Å²) in [7, 11) is 1.79. The summed E-state index contributed by atoms with van der Waals surface area (Å²) >= 11 is 0. The number of fused-ring (bicyclic) bond motifs is 1. The Balaban J connectivity index is 1.71. The molecule has 1 aromatic heterocycles. The maximum Gasteiger partial charge on any atom is 0.227 e. The molecule has 0 spiro atoms. The number of amides is 2. The molecule has 2 heterocycles. The van der Waals surface area contributed by atoms with E-state index in [-0.39, 0.29) is 17.2 Å². The lowest BCUT2D eigenvalue weighted by Gasteiger charge is -2.23. The molecule has 1 aliphatic heterocycles. The van der Waals surface area contributed by atoms with Gasteiger partial charge in [-0.15, -0.1) is 0 Å². The van der Waals surface area contributed by atoms with Gasteiger partial charge in [0.2, 0.25) is 17.8 Å². The minimum Gasteiger partial charge on any atom is -0.369 e. The van der Waals surface area contributed by atoms with E-state index in [1.165, 1.54) is 0 Å². The van der Waals surface area contributed by atoms with Crippen LogP contribution in [0.1, 0.15) is 46.5 Å². The molecule has 1 saturated heterocycles. The fourth-order valence-electron chi connectivity index (χ4n) is 3.66. The number of nitrogens with zero attached hydrogens (tertiary/aromatic N) is 4. The summed E-state index contributed by atoms with van der Waals surface area (Å²) in [6.07, 6.45) is 2.94. The number of likely N-dealkylation sites (tertiary alicyclic amines) is 1. The van der Waals surface area contributed by atoms with Gasteiger partial charge in [0.1, 0.15) is 0 Å². The predicted molar refractivity (Wildman–Crippen MR) is 112 cm³/mol. The Morgan fingerprint density at radius 2 is 2.04 bits per heavy atom. The average molecular weight is 386 g/mol. The van der Waals surface area contributed by atoms with Crippen LogP contribution in [0.3, 0.4) is 0 Å². The summed E-state index contributed by atoms with van der Waals surface area (Å²) < 4.78 is 1.98. The number of nitrogen functional groups attached to an aromatic ring is 1. The quantitative estimate of drug-likeness (QED) is 0.828. The van der Waals surface area contributed by atoms with Gasteiger partial charge in [-0.1, -0.05) is 20.8 Å². The molecule has 0 bridgehead atoms. The lowest BCUT2D eigenvalue weighted by Crippen LogP contribution is -2.29. The molecule has 28 heavy (non-hydrogen) atoms. The average Bonchev–Trinajstić information content (AvgIpc) is 3.15. The predicted octanol–water partition coefficient (Wildman–Crippen LogP) is 3.03. The van der Waals surface area contributed by atoms with Gasteiger partial charge in [-0.05, 0) is 36.5 Å². The molecule has 0 saturated carbocycles. The van der Waals surface area contributed by atoms with Crippen molar-refractivity contribution < 1.29 is 9.59 Å². The maximum absolute atomic E-state index is 12.5. The molecule has 0 unspecified atom stereocenters. The third kappa shape index (κ3) is 4.46. The van der Waals surface area contributed by atoms with Crippen molar-refractivity contribution in [3.63, 3.8) is 0 Å². The molecular formula is C21H31N5O2. The van der Waals surface area contributed by atoms with E-state index in [9.17, 15) is 9.59 Å². The molecule has 0 aliphatic carbocycles. The van der Waals surface area contributed by atoms with E-state index in [2.05, 4.69) is 25.8 Å². The van der Waals surface area contributed by atoms with Crippen LogP contribution >= 0.6 is 0 Å². The zero-order valence-electron chi connectivity index (χ0n) is 17.4. The number of nitrogens with two attached hydrogens (primary N) is 1. The van der Waals surface area contributed by atoms with E-state index in [4.69, 9.17) is 5.73 Å². The van der Waals surface area contributed by atoms with E-state index in [0.29, 0.717) is 25.3 Å². The van der Waals surface area contributed by atoms with Gasteiger partial charge in [0.15, 0.2) is 0 Å². The number of carbonyl (C=O) groups is 2. The van der Waals surface area contributed by atoms with Crippen LogP contribution in [0.15, 0.2) is 18.2 Å². The number of hydrogen-bond acceptors (Lipinski definition) is 4. The van der Waals surface area contributed by atoms with Crippen LogP contribution in [0.25, 0.3) is 11.0 Å². The lowest BCUT2D eigenvalue weighted by molar-refractivity contribution is -0.127. The summed E-state index contributed by atoms with van der Waals surface area (Å²) in [6, 6.07) is 5.81. The third-order valence-electron chi connectivity index (χ3n) is 5.19. The molecule has 0 atom stereocenters. The Labute approximate surface area is 166 Å². The molecule has 1 aliphatic rings. The second-order valence-corrected chi connectivity index (χ2v) is 8.82. The van der Waals surface area contributed by atoms with Gasteiger partial charge in [-0.3, -0.25) is 9.59 Å². The van der Waals surface area contributed by atoms with Crippen molar-refractivity contribution in [1.82, 2.24) is 14.5 Å². The number of anilines is 2. The third-order valence-corrected chi connectivity index (χ3v) is 5.19. The number of aromatic nitrogens is 2. The fourth-order valence-corrected chi connectivity index (χ4v) is 3.66. The minimum absolute atomic E-state index is 0.0574. The van der Waals surface area contributed by atoms with Crippen molar-refractivity contribution in [2.24, 2.45) is 5.41 Å². The fraction of sp³-hybridized carbons (Fsp3) is 0.571. The van der Waals surface area contributed by atoms with Crippen LogP contribution in [0, 0.1) is 5.41 Å². The molecular weight excluding hydrogens is 354 g/mol. The van der Waals surface area contributed by atoms with Gasteiger partial charge < -0.3 is 20.1 Å². The second kappa shape index (κ2) is 7.81. The van der Waals surface area contributed by atoms with Gasteiger partial charge in [-0.25, -0.2) is 4.98 Å². The molecule has 1 aromatic carbocycles. The van der Waals surface area contributed by atoms with E-state index >= 15 is 0 Å². The highest BCUT2D eigenvalue weighted by atomic mass is 16.2. The Morgan fingerprint density at radius 1 is 1.29 bits per heavy atom. The second-order valence-electron chi connectivity index (χ2n) is 8.82. The number of hydrogen-bond donors (Lipinski definition) is 1.